The minimum atomic E-state index is -0.326. The van der Waals surface area contributed by atoms with Crippen molar-refractivity contribution in [3.63, 3.8) is 0 Å². The number of aromatic nitrogens is 1. The zero-order valence-corrected chi connectivity index (χ0v) is 12.0. The number of nitrogen functional groups attached to an aromatic ring is 1. The monoisotopic (exact) mass is 291 g/mol. The molecule has 2 rings (SSSR count). The van der Waals surface area contributed by atoms with Gasteiger partial charge in [-0.25, -0.2) is 4.98 Å². The highest BCUT2D eigenvalue weighted by atomic mass is 32.1. The van der Waals surface area contributed by atoms with E-state index < -0.39 is 0 Å². The van der Waals surface area contributed by atoms with Gasteiger partial charge in [0.2, 0.25) is 0 Å². The number of aliphatic hydroxyl groups excluding tert-OH is 1. The van der Waals surface area contributed by atoms with Crippen molar-refractivity contribution in [2.75, 3.05) is 12.3 Å². The fourth-order valence-electron chi connectivity index (χ4n) is 1.94. The van der Waals surface area contributed by atoms with Crippen molar-refractivity contribution in [1.82, 2.24) is 10.3 Å². The molecular formula is C14H17N3O2S. The van der Waals surface area contributed by atoms with E-state index in [4.69, 9.17) is 5.73 Å². The molecule has 0 saturated carbocycles. The van der Waals surface area contributed by atoms with Gasteiger partial charge in [-0.3, -0.25) is 4.79 Å². The van der Waals surface area contributed by atoms with E-state index in [9.17, 15) is 9.90 Å². The summed E-state index contributed by atoms with van der Waals surface area (Å²) in [5.41, 5.74) is 7.26. The maximum Gasteiger partial charge on any atom is 0.263 e. The second-order valence-corrected chi connectivity index (χ2v) is 5.54. The molecule has 6 heteroatoms. The minimum Gasteiger partial charge on any atom is -0.394 e. The van der Waals surface area contributed by atoms with Crippen LogP contribution in [-0.2, 0) is 6.42 Å². The molecule has 0 saturated heterocycles. The number of rotatable bonds is 5. The Hall–Kier alpha value is -1.92. The van der Waals surface area contributed by atoms with Crippen molar-refractivity contribution in [3.8, 4) is 0 Å². The van der Waals surface area contributed by atoms with E-state index >= 15 is 0 Å². The van der Waals surface area contributed by atoms with Crippen LogP contribution in [0.4, 0.5) is 5.13 Å². The van der Waals surface area contributed by atoms with Crippen LogP contribution in [0.1, 0.15) is 20.9 Å². The molecule has 0 unspecified atom stereocenters. The molecular weight excluding hydrogens is 274 g/mol. The van der Waals surface area contributed by atoms with Gasteiger partial charge in [-0.1, -0.05) is 41.7 Å². The first-order chi connectivity index (χ1) is 9.60. The fourth-order valence-corrected chi connectivity index (χ4v) is 2.68. The number of nitrogens with one attached hydrogen (secondary N) is 1. The van der Waals surface area contributed by atoms with Crippen LogP contribution in [0.3, 0.4) is 0 Å². The third kappa shape index (κ3) is 3.55. The van der Waals surface area contributed by atoms with Crippen LogP contribution in [0.25, 0.3) is 0 Å². The summed E-state index contributed by atoms with van der Waals surface area (Å²) in [6.45, 7) is 1.63. The Kier molecular flexibility index (Phi) is 4.70. The summed E-state index contributed by atoms with van der Waals surface area (Å²) in [5.74, 6) is -0.244. The number of amides is 1. The quantitative estimate of drug-likeness (QED) is 0.776. The van der Waals surface area contributed by atoms with E-state index in [2.05, 4.69) is 10.3 Å². The first-order valence-corrected chi connectivity index (χ1v) is 7.10. The average Bonchev–Trinajstić information content (AvgIpc) is 2.78. The van der Waals surface area contributed by atoms with Gasteiger partial charge in [-0.05, 0) is 18.9 Å². The Balaban J connectivity index is 2.03. The van der Waals surface area contributed by atoms with Gasteiger partial charge in [0.05, 0.1) is 18.3 Å². The molecule has 20 heavy (non-hydrogen) atoms. The topological polar surface area (TPSA) is 88.2 Å². The van der Waals surface area contributed by atoms with Crippen LogP contribution in [-0.4, -0.2) is 28.6 Å². The number of thiazole rings is 1. The molecule has 0 radical (unpaired) electrons. The maximum absolute atomic E-state index is 12.1. The second kappa shape index (κ2) is 6.49. The van der Waals surface area contributed by atoms with Gasteiger partial charge in [0.15, 0.2) is 5.13 Å². The van der Waals surface area contributed by atoms with Crippen LogP contribution in [0.15, 0.2) is 30.3 Å². The SMILES string of the molecule is Cc1nc(N)sc1C(=O)N[C@H](CO)Cc1ccccc1. The van der Waals surface area contributed by atoms with Crippen molar-refractivity contribution in [2.24, 2.45) is 0 Å². The first kappa shape index (κ1) is 14.5. The van der Waals surface area contributed by atoms with Crippen LogP contribution in [0, 0.1) is 6.92 Å². The lowest BCUT2D eigenvalue weighted by molar-refractivity contribution is 0.0920. The smallest absolute Gasteiger partial charge is 0.263 e. The van der Waals surface area contributed by atoms with Crippen LogP contribution in [0.2, 0.25) is 0 Å². The molecule has 1 atom stereocenters. The molecule has 2 aromatic rings. The second-order valence-electron chi connectivity index (χ2n) is 4.51. The number of nitrogens with two attached hydrogens (primary N) is 1. The van der Waals surface area contributed by atoms with E-state index in [0.717, 1.165) is 16.9 Å². The standard InChI is InChI=1S/C14H17N3O2S/c1-9-12(20-14(15)16-9)13(19)17-11(8-18)7-10-5-3-2-4-6-10/h2-6,11,18H,7-8H2,1H3,(H2,15,16)(H,17,19)/t11-/m0/s1. The van der Waals surface area contributed by atoms with E-state index in [0.29, 0.717) is 22.1 Å². The van der Waals surface area contributed by atoms with Crippen molar-refractivity contribution in [3.05, 3.63) is 46.5 Å². The molecule has 1 aromatic carbocycles. The summed E-state index contributed by atoms with van der Waals surface area (Å²) in [7, 11) is 0. The molecule has 0 fully saturated rings. The Labute approximate surface area is 121 Å². The summed E-state index contributed by atoms with van der Waals surface area (Å²) < 4.78 is 0. The molecule has 1 aromatic heterocycles. The normalized spacial score (nSPS) is 12.1. The van der Waals surface area contributed by atoms with Crippen LogP contribution in [0.5, 0.6) is 0 Å². The van der Waals surface area contributed by atoms with E-state index in [1.807, 2.05) is 30.3 Å². The maximum atomic E-state index is 12.1. The molecule has 5 nitrogen and oxygen atoms in total. The minimum absolute atomic E-state index is 0.117. The third-order valence-electron chi connectivity index (χ3n) is 2.90. The predicted octanol–water partition coefficient (Wildman–Crippen LogP) is 1.37. The number of anilines is 1. The molecule has 1 heterocycles. The number of carbonyl (C=O) groups excluding carboxylic acids is 1. The number of hydrogen-bond donors (Lipinski definition) is 3. The lowest BCUT2D eigenvalue weighted by atomic mass is 10.1. The van der Waals surface area contributed by atoms with Gasteiger partial charge < -0.3 is 16.2 Å². The Bertz CT molecular complexity index is 583. The fraction of sp³-hybridized carbons (Fsp3) is 0.286. The van der Waals surface area contributed by atoms with Crippen molar-refractivity contribution in [1.29, 1.82) is 0 Å². The lowest BCUT2D eigenvalue weighted by Gasteiger charge is -2.16. The largest absolute Gasteiger partial charge is 0.394 e. The Morgan fingerprint density at radius 3 is 2.70 bits per heavy atom. The van der Waals surface area contributed by atoms with Gasteiger partial charge in [-0.2, -0.15) is 0 Å². The lowest BCUT2D eigenvalue weighted by Crippen LogP contribution is -2.39. The van der Waals surface area contributed by atoms with E-state index in [1.54, 1.807) is 6.92 Å². The number of hydrogen-bond acceptors (Lipinski definition) is 5. The number of carbonyl (C=O) groups is 1. The summed E-state index contributed by atoms with van der Waals surface area (Å²) in [6.07, 6.45) is 0.580. The zero-order valence-electron chi connectivity index (χ0n) is 11.2. The molecule has 106 valence electrons. The third-order valence-corrected chi connectivity index (χ3v) is 3.89. The number of aryl methyl sites for hydroxylation is 1. The summed E-state index contributed by atoms with van der Waals surface area (Å²) in [5, 5.41) is 12.6. The molecule has 0 bridgehead atoms. The van der Waals surface area contributed by atoms with Crippen molar-refractivity contribution < 1.29 is 9.90 Å². The number of nitrogens with zero attached hydrogens (tertiary/aromatic N) is 1. The molecule has 0 aliphatic rings. The summed E-state index contributed by atoms with van der Waals surface area (Å²) >= 11 is 1.15. The van der Waals surface area contributed by atoms with E-state index in [-0.39, 0.29) is 18.6 Å². The zero-order chi connectivity index (χ0) is 14.5. The van der Waals surface area contributed by atoms with Gasteiger partial charge in [0.1, 0.15) is 4.88 Å². The van der Waals surface area contributed by atoms with Crippen LogP contribution < -0.4 is 11.1 Å². The molecule has 0 aliphatic heterocycles. The molecule has 0 aliphatic carbocycles. The summed E-state index contributed by atoms with van der Waals surface area (Å²) in [4.78, 5) is 16.6. The highest BCUT2D eigenvalue weighted by Crippen LogP contribution is 2.19. The van der Waals surface area contributed by atoms with Crippen LogP contribution >= 0.6 is 11.3 Å². The van der Waals surface area contributed by atoms with Crippen molar-refractivity contribution >= 4 is 22.4 Å². The van der Waals surface area contributed by atoms with Gasteiger partial charge in [0.25, 0.3) is 5.91 Å². The van der Waals surface area contributed by atoms with Crippen molar-refractivity contribution in [2.45, 2.75) is 19.4 Å². The number of aliphatic hydroxyl groups is 1. The first-order valence-electron chi connectivity index (χ1n) is 6.28. The molecule has 0 spiro atoms. The average molecular weight is 291 g/mol. The van der Waals surface area contributed by atoms with Gasteiger partial charge in [0, 0.05) is 0 Å². The Morgan fingerprint density at radius 1 is 1.45 bits per heavy atom. The van der Waals surface area contributed by atoms with Gasteiger partial charge >= 0.3 is 0 Å². The molecule has 4 N–H and O–H groups in total. The van der Waals surface area contributed by atoms with E-state index in [1.165, 1.54) is 0 Å². The highest BCUT2D eigenvalue weighted by Gasteiger charge is 2.18. The Morgan fingerprint density at radius 2 is 2.15 bits per heavy atom. The predicted molar refractivity (Wildman–Crippen MR) is 79.7 cm³/mol. The molecule has 1 amide bonds. The number of benzene rings is 1. The summed E-state index contributed by atoms with van der Waals surface area (Å²) in [6, 6.07) is 9.39. The van der Waals surface area contributed by atoms with Gasteiger partial charge in [-0.15, -0.1) is 0 Å². The highest BCUT2D eigenvalue weighted by molar-refractivity contribution is 7.17.